The zero-order valence-corrected chi connectivity index (χ0v) is 13.3. The second-order valence-corrected chi connectivity index (χ2v) is 5.73. The fraction of sp³-hybridized carbons (Fsp3) is 0.500. The average Bonchev–Trinajstić information content (AvgIpc) is 2.53. The van der Waals surface area contributed by atoms with Crippen LogP contribution in [0, 0.1) is 5.92 Å². The van der Waals surface area contributed by atoms with E-state index in [2.05, 4.69) is 15.3 Å². The number of hydrogen-bond donors (Lipinski definition) is 2. The van der Waals surface area contributed by atoms with Crippen molar-refractivity contribution in [2.45, 2.75) is 32.0 Å². The lowest BCUT2D eigenvalue weighted by Crippen LogP contribution is -2.40. The molecule has 1 aromatic rings. The third-order valence-corrected chi connectivity index (χ3v) is 4.21. The maximum absolute atomic E-state index is 10.3. The summed E-state index contributed by atoms with van der Waals surface area (Å²) in [4.78, 5) is 8.56. The number of aliphatic hydroxyl groups excluding tert-OH is 1. The van der Waals surface area contributed by atoms with E-state index in [4.69, 9.17) is 11.6 Å². The normalized spacial score (nSPS) is 24.5. The summed E-state index contributed by atoms with van der Waals surface area (Å²) >= 11 is 5.86. The number of rotatable bonds is 4. The number of nitrogens with zero attached hydrogens (tertiary/aromatic N) is 2. The van der Waals surface area contributed by atoms with E-state index in [1.807, 2.05) is 24.3 Å². The standard InChI is InChI=1S/C16H22ClN3O/c1-18-14-8-5-12(9-15(14)19-2)16(21)20-10-11-3-6-13(17)7-4-11/h3-4,6-7,12,16,20-21H,5,8-10H2,1-2H3. The van der Waals surface area contributed by atoms with E-state index in [1.165, 1.54) is 0 Å². The summed E-state index contributed by atoms with van der Waals surface area (Å²) in [7, 11) is 3.59. The van der Waals surface area contributed by atoms with Crippen molar-refractivity contribution in [3.05, 3.63) is 34.9 Å². The first-order valence-electron chi connectivity index (χ1n) is 7.21. The largest absolute Gasteiger partial charge is 0.378 e. The molecule has 2 N–H and O–H groups in total. The van der Waals surface area contributed by atoms with Crippen LogP contribution in [0.1, 0.15) is 24.8 Å². The fourth-order valence-electron chi connectivity index (χ4n) is 2.66. The van der Waals surface area contributed by atoms with Crippen LogP contribution in [0.2, 0.25) is 5.02 Å². The monoisotopic (exact) mass is 307 g/mol. The molecule has 0 aliphatic heterocycles. The Morgan fingerprint density at radius 3 is 2.52 bits per heavy atom. The molecule has 1 aromatic carbocycles. The van der Waals surface area contributed by atoms with Crippen LogP contribution in [0.25, 0.3) is 0 Å². The quantitative estimate of drug-likeness (QED) is 0.840. The van der Waals surface area contributed by atoms with E-state index in [-0.39, 0.29) is 5.92 Å². The van der Waals surface area contributed by atoms with Crippen molar-refractivity contribution in [2.75, 3.05) is 14.1 Å². The SMILES string of the molecule is CN=C1CCC(C(O)NCc2ccc(Cl)cc2)CC1=NC. The summed E-state index contributed by atoms with van der Waals surface area (Å²) in [6.45, 7) is 0.627. The molecule has 4 nitrogen and oxygen atoms in total. The van der Waals surface area contributed by atoms with Gasteiger partial charge in [0.15, 0.2) is 0 Å². The van der Waals surface area contributed by atoms with Crippen molar-refractivity contribution in [1.82, 2.24) is 5.32 Å². The van der Waals surface area contributed by atoms with Gasteiger partial charge in [0.2, 0.25) is 0 Å². The lowest BCUT2D eigenvalue weighted by molar-refractivity contribution is 0.0713. The van der Waals surface area contributed by atoms with Crippen molar-refractivity contribution in [3.63, 3.8) is 0 Å². The van der Waals surface area contributed by atoms with Gasteiger partial charge in [-0.3, -0.25) is 15.3 Å². The molecule has 0 bridgehead atoms. The van der Waals surface area contributed by atoms with E-state index >= 15 is 0 Å². The predicted octanol–water partition coefficient (Wildman–Crippen LogP) is 2.69. The molecule has 114 valence electrons. The van der Waals surface area contributed by atoms with Gasteiger partial charge in [0, 0.05) is 31.6 Å². The van der Waals surface area contributed by atoms with Gasteiger partial charge in [0.25, 0.3) is 0 Å². The Morgan fingerprint density at radius 1 is 1.24 bits per heavy atom. The highest BCUT2D eigenvalue weighted by Crippen LogP contribution is 2.23. The topological polar surface area (TPSA) is 57.0 Å². The van der Waals surface area contributed by atoms with E-state index in [0.717, 1.165) is 41.3 Å². The highest BCUT2D eigenvalue weighted by Gasteiger charge is 2.27. The summed E-state index contributed by atoms with van der Waals surface area (Å²) in [6.07, 6.45) is 2.06. The minimum Gasteiger partial charge on any atom is -0.378 e. The molecule has 0 spiro atoms. The van der Waals surface area contributed by atoms with Crippen molar-refractivity contribution >= 4 is 23.0 Å². The van der Waals surface area contributed by atoms with Gasteiger partial charge in [-0.2, -0.15) is 0 Å². The van der Waals surface area contributed by atoms with Crippen LogP contribution in [-0.4, -0.2) is 36.9 Å². The Morgan fingerprint density at radius 2 is 1.90 bits per heavy atom. The average molecular weight is 308 g/mol. The summed E-state index contributed by atoms with van der Waals surface area (Å²) < 4.78 is 0. The number of nitrogens with one attached hydrogen (secondary N) is 1. The maximum atomic E-state index is 10.3. The third kappa shape index (κ3) is 4.37. The molecule has 1 aliphatic carbocycles. The van der Waals surface area contributed by atoms with Crippen LogP contribution in [0.3, 0.4) is 0 Å². The van der Waals surface area contributed by atoms with Crippen molar-refractivity contribution < 1.29 is 5.11 Å². The Balaban J connectivity index is 1.89. The van der Waals surface area contributed by atoms with E-state index in [9.17, 15) is 5.11 Å². The second kappa shape index (κ2) is 7.69. The number of aliphatic imine (C=N–C) groups is 2. The predicted molar refractivity (Wildman–Crippen MR) is 88.4 cm³/mol. The van der Waals surface area contributed by atoms with Crippen LogP contribution in [0.15, 0.2) is 34.3 Å². The van der Waals surface area contributed by atoms with Gasteiger partial charge in [-0.25, -0.2) is 0 Å². The van der Waals surface area contributed by atoms with Crippen molar-refractivity contribution in [1.29, 1.82) is 0 Å². The number of aliphatic hydroxyl groups is 1. The van der Waals surface area contributed by atoms with Gasteiger partial charge in [-0.15, -0.1) is 0 Å². The van der Waals surface area contributed by atoms with Gasteiger partial charge in [0.05, 0.1) is 11.4 Å². The molecule has 5 heteroatoms. The van der Waals surface area contributed by atoms with Gasteiger partial charge in [-0.05, 0) is 37.0 Å². The zero-order valence-electron chi connectivity index (χ0n) is 12.5. The van der Waals surface area contributed by atoms with Crippen LogP contribution in [0.5, 0.6) is 0 Å². The molecule has 0 aromatic heterocycles. The molecule has 0 radical (unpaired) electrons. The summed E-state index contributed by atoms with van der Waals surface area (Å²) in [5, 5.41) is 14.2. The van der Waals surface area contributed by atoms with Gasteiger partial charge in [-0.1, -0.05) is 23.7 Å². The number of halogens is 1. The molecular formula is C16H22ClN3O. The first-order chi connectivity index (χ1) is 10.1. The molecule has 1 aliphatic rings. The summed E-state index contributed by atoms with van der Waals surface area (Å²) in [5.74, 6) is 0.182. The third-order valence-electron chi connectivity index (χ3n) is 3.96. The molecular weight excluding hydrogens is 286 g/mol. The molecule has 0 saturated heterocycles. The smallest absolute Gasteiger partial charge is 0.108 e. The van der Waals surface area contributed by atoms with Crippen LogP contribution in [0.4, 0.5) is 0 Å². The highest BCUT2D eigenvalue weighted by atomic mass is 35.5. The molecule has 0 heterocycles. The van der Waals surface area contributed by atoms with Crippen LogP contribution >= 0.6 is 11.6 Å². The molecule has 2 unspecified atom stereocenters. The van der Waals surface area contributed by atoms with Gasteiger partial charge < -0.3 is 5.11 Å². The molecule has 1 fully saturated rings. The summed E-state index contributed by atoms with van der Waals surface area (Å²) in [5.41, 5.74) is 3.19. The molecule has 0 amide bonds. The second-order valence-electron chi connectivity index (χ2n) is 5.30. The van der Waals surface area contributed by atoms with Crippen LogP contribution in [-0.2, 0) is 6.54 Å². The molecule has 2 rings (SSSR count). The maximum Gasteiger partial charge on any atom is 0.108 e. The van der Waals surface area contributed by atoms with Gasteiger partial charge >= 0.3 is 0 Å². The van der Waals surface area contributed by atoms with E-state index in [1.54, 1.807) is 14.1 Å². The van der Waals surface area contributed by atoms with E-state index < -0.39 is 6.23 Å². The summed E-state index contributed by atoms with van der Waals surface area (Å²) in [6, 6.07) is 7.64. The van der Waals surface area contributed by atoms with E-state index in [0.29, 0.717) is 6.54 Å². The Labute approximate surface area is 131 Å². The Hall–Kier alpha value is -1.23. The van der Waals surface area contributed by atoms with Crippen molar-refractivity contribution in [2.24, 2.45) is 15.9 Å². The Kier molecular flexibility index (Phi) is 5.91. The number of hydrogen-bond acceptors (Lipinski definition) is 4. The van der Waals surface area contributed by atoms with Crippen molar-refractivity contribution in [3.8, 4) is 0 Å². The van der Waals surface area contributed by atoms with Crippen LogP contribution < -0.4 is 5.32 Å². The molecule has 2 atom stereocenters. The zero-order chi connectivity index (χ0) is 15.2. The van der Waals surface area contributed by atoms with Gasteiger partial charge in [0.1, 0.15) is 6.23 Å². The minimum atomic E-state index is -0.532. The lowest BCUT2D eigenvalue weighted by atomic mass is 9.85. The molecule has 21 heavy (non-hydrogen) atoms. The highest BCUT2D eigenvalue weighted by molar-refractivity contribution is 6.42. The Bertz CT molecular complexity index is 525. The molecule has 1 saturated carbocycles. The first-order valence-corrected chi connectivity index (χ1v) is 7.59. The lowest BCUT2D eigenvalue weighted by Gasteiger charge is -2.29. The number of benzene rings is 1. The fourth-order valence-corrected chi connectivity index (χ4v) is 2.78. The first kappa shape index (κ1) is 16.1. The minimum absolute atomic E-state index is 0.182.